The van der Waals surface area contributed by atoms with Crippen molar-refractivity contribution < 1.29 is 15.0 Å². The Kier molecular flexibility index (Phi) is 7.02. The first-order chi connectivity index (χ1) is 13.5. The van der Waals surface area contributed by atoms with E-state index in [0.29, 0.717) is 16.9 Å². The molecule has 1 aromatic carbocycles. The normalized spacial score (nSPS) is 14.3. The van der Waals surface area contributed by atoms with Crippen LogP contribution in [-0.2, 0) is 17.8 Å². The molecule has 28 heavy (non-hydrogen) atoms. The van der Waals surface area contributed by atoms with Gasteiger partial charge >= 0.3 is 5.97 Å². The van der Waals surface area contributed by atoms with Crippen LogP contribution in [-0.4, -0.2) is 27.3 Å². The number of aliphatic carboxylic acids is 1. The van der Waals surface area contributed by atoms with Crippen molar-refractivity contribution >= 4 is 35.1 Å². The highest BCUT2D eigenvalue weighted by Crippen LogP contribution is 2.34. The number of carbonyl (C=O) groups is 1. The fraction of sp³-hybridized carbons (Fsp3) is 0.476. The van der Waals surface area contributed by atoms with E-state index in [1.807, 2.05) is 0 Å². The number of carboxylic acids is 1. The van der Waals surface area contributed by atoms with Gasteiger partial charge in [-0.1, -0.05) is 19.4 Å². The first kappa shape index (κ1) is 20.7. The molecule has 2 aromatic rings. The van der Waals surface area contributed by atoms with Gasteiger partial charge in [-0.25, -0.2) is 0 Å². The minimum Gasteiger partial charge on any atom is -0.493 e. The number of nitrogens with zero attached hydrogens (tertiary/aromatic N) is 2. The van der Waals surface area contributed by atoms with Gasteiger partial charge in [-0.2, -0.15) is 0 Å². The van der Waals surface area contributed by atoms with Crippen LogP contribution in [0.1, 0.15) is 55.9 Å². The minimum absolute atomic E-state index is 0.0626. The van der Waals surface area contributed by atoms with Crippen LogP contribution in [0.2, 0.25) is 0 Å². The van der Waals surface area contributed by atoms with E-state index in [2.05, 4.69) is 30.1 Å². The molecule has 5 nitrogen and oxygen atoms in total. The van der Waals surface area contributed by atoms with Gasteiger partial charge in [0.2, 0.25) is 5.88 Å². The van der Waals surface area contributed by atoms with E-state index in [1.165, 1.54) is 16.9 Å². The van der Waals surface area contributed by atoms with Crippen molar-refractivity contribution in [2.24, 2.45) is 4.99 Å². The van der Waals surface area contributed by atoms with Crippen LogP contribution in [0.3, 0.4) is 0 Å². The summed E-state index contributed by atoms with van der Waals surface area (Å²) in [4.78, 5) is 16.2. The fourth-order valence-electron chi connectivity index (χ4n) is 3.52. The van der Waals surface area contributed by atoms with E-state index in [1.54, 1.807) is 4.57 Å². The van der Waals surface area contributed by atoms with Crippen molar-refractivity contribution in [1.29, 1.82) is 0 Å². The maximum Gasteiger partial charge on any atom is 0.303 e. The zero-order chi connectivity index (χ0) is 20.1. The van der Waals surface area contributed by atoms with Crippen LogP contribution >= 0.6 is 23.6 Å². The summed E-state index contributed by atoms with van der Waals surface area (Å²) in [7, 11) is 0. The molecule has 150 valence electrons. The molecule has 1 aromatic heterocycles. The van der Waals surface area contributed by atoms with Gasteiger partial charge in [0.15, 0.2) is 3.95 Å². The quantitative estimate of drug-likeness (QED) is 0.640. The first-order valence-electron chi connectivity index (χ1n) is 9.82. The lowest BCUT2D eigenvalue weighted by Gasteiger charge is -2.11. The molecule has 2 heterocycles. The molecule has 0 amide bonds. The predicted octanol–water partition coefficient (Wildman–Crippen LogP) is 3.80. The molecule has 0 spiro atoms. The van der Waals surface area contributed by atoms with Crippen molar-refractivity contribution in [2.45, 2.75) is 58.4 Å². The minimum atomic E-state index is -0.837. The maximum absolute atomic E-state index is 10.9. The highest BCUT2D eigenvalue weighted by atomic mass is 32.1. The number of hydrogen-bond acceptors (Lipinski definition) is 5. The highest BCUT2D eigenvalue weighted by Gasteiger charge is 2.17. The molecule has 0 saturated heterocycles. The maximum atomic E-state index is 10.9. The van der Waals surface area contributed by atoms with Gasteiger partial charge in [0.05, 0.1) is 10.2 Å². The number of aryl methyl sites for hydroxylation is 1. The lowest BCUT2D eigenvalue weighted by Crippen LogP contribution is -2.21. The Hall–Kier alpha value is -1.99. The highest BCUT2D eigenvalue weighted by molar-refractivity contribution is 7.73. The number of hydrogen-bond donors (Lipinski definition) is 2. The van der Waals surface area contributed by atoms with Gasteiger partial charge in [0.25, 0.3) is 0 Å². The molecule has 0 unspecified atom stereocenters. The molecule has 0 fully saturated rings. The van der Waals surface area contributed by atoms with E-state index in [-0.39, 0.29) is 12.3 Å². The number of fused-ring (bicyclic) bond motifs is 1. The third-order valence-electron chi connectivity index (χ3n) is 5.01. The number of thiazole rings is 1. The average molecular weight is 419 g/mol. The summed E-state index contributed by atoms with van der Waals surface area (Å²) in [6, 6.07) is 6.38. The molecular weight excluding hydrogens is 392 g/mol. The van der Waals surface area contributed by atoms with Gasteiger partial charge in [-0.3, -0.25) is 14.4 Å². The Bertz CT molecular complexity index is 1040. The zero-order valence-electron chi connectivity index (χ0n) is 16.1. The van der Waals surface area contributed by atoms with Gasteiger partial charge in [-0.15, -0.1) is 11.3 Å². The lowest BCUT2D eigenvalue weighted by molar-refractivity contribution is -0.137. The molecule has 0 radical (unpaired) electrons. The molecule has 0 aliphatic carbocycles. The topological polar surface area (TPSA) is 74.8 Å². The van der Waals surface area contributed by atoms with Gasteiger partial charge < -0.3 is 10.2 Å². The van der Waals surface area contributed by atoms with Crippen molar-refractivity contribution in [3.63, 3.8) is 0 Å². The second-order valence-electron chi connectivity index (χ2n) is 7.08. The molecule has 1 aliphatic heterocycles. The van der Waals surface area contributed by atoms with Crippen LogP contribution in [0.25, 0.3) is 5.57 Å². The van der Waals surface area contributed by atoms with Crippen LogP contribution < -0.4 is 10.6 Å². The monoisotopic (exact) mass is 418 g/mol. The van der Waals surface area contributed by atoms with Crippen molar-refractivity contribution in [3.8, 4) is 5.88 Å². The molecular formula is C21H26N2O3S2. The third-order valence-corrected chi connectivity index (χ3v) is 6.51. The number of benzene rings is 1. The van der Waals surface area contributed by atoms with E-state index in [9.17, 15) is 9.90 Å². The van der Waals surface area contributed by atoms with Gasteiger partial charge in [0.1, 0.15) is 0 Å². The molecule has 0 atom stereocenters. The van der Waals surface area contributed by atoms with Crippen LogP contribution in [0.4, 0.5) is 0 Å². The summed E-state index contributed by atoms with van der Waals surface area (Å²) in [5, 5.41) is 21.9. The molecule has 3 rings (SSSR count). The summed E-state index contributed by atoms with van der Waals surface area (Å²) >= 11 is 6.87. The van der Waals surface area contributed by atoms with E-state index >= 15 is 0 Å². The Balaban J connectivity index is 2.06. The zero-order valence-corrected chi connectivity index (χ0v) is 17.7. The number of unbranched alkanes of at least 4 members (excludes halogenated alkanes) is 1. The van der Waals surface area contributed by atoms with E-state index in [0.717, 1.165) is 59.7 Å². The first-order valence-corrected chi connectivity index (χ1v) is 11.0. The summed E-state index contributed by atoms with van der Waals surface area (Å²) in [6.45, 7) is 3.46. The Morgan fingerprint density at radius 2 is 2.14 bits per heavy atom. The smallest absolute Gasteiger partial charge is 0.303 e. The van der Waals surface area contributed by atoms with Crippen molar-refractivity contribution in [1.82, 2.24) is 4.57 Å². The summed E-state index contributed by atoms with van der Waals surface area (Å²) in [5.41, 5.74) is 2.38. The largest absolute Gasteiger partial charge is 0.493 e. The number of rotatable bonds is 8. The average Bonchev–Trinajstić information content (AvgIpc) is 2.96. The molecule has 7 heteroatoms. The Morgan fingerprint density at radius 3 is 2.89 bits per heavy atom. The number of carboxylic acid groups (broad SMARTS) is 1. The number of aromatic hydroxyl groups is 1. The van der Waals surface area contributed by atoms with E-state index < -0.39 is 5.97 Å². The summed E-state index contributed by atoms with van der Waals surface area (Å²) in [6.07, 6.45) is 5.57. The second kappa shape index (κ2) is 9.47. The van der Waals surface area contributed by atoms with Gasteiger partial charge in [0, 0.05) is 19.5 Å². The summed E-state index contributed by atoms with van der Waals surface area (Å²) < 4.78 is 2.25. The van der Waals surface area contributed by atoms with Gasteiger partial charge in [-0.05, 0) is 72.8 Å². The summed E-state index contributed by atoms with van der Waals surface area (Å²) in [5.74, 6) is -0.676. The van der Waals surface area contributed by atoms with E-state index in [4.69, 9.17) is 17.3 Å². The predicted molar refractivity (Wildman–Crippen MR) is 114 cm³/mol. The van der Waals surface area contributed by atoms with Crippen LogP contribution in [0.5, 0.6) is 5.88 Å². The molecule has 1 aliphatic rings. The van der Waals surface area contributed by atoms with Crippen molar-refractivity contribution in [3.05, 3.63) is 43.2 Å². The Morgan fingerprint density at radius 1 is 1.32 bits per heavy atom. The Labute approximate surface area is 173 Å². The van der Waals surface area contributed by atoms with Crippen LogP contribution in [0, 0.1) is 3.95 Å². The number of aromatic nitrogens is 1. The second-order valence-corrected chi connectivity index (χ2v) is 8.72. The van der Waals surface area contributed by atoms with Crippen molar-refractivity contribution in [2.75, 3.05) is 6.54 Å². The standard InChI is InChI=1S/C21H26N2O3S2/c1-2-3-7-16(14-9-10-17-15(13-14)6-4-11-22-17)19-20(26)23(21(27)28-19)12-5-8-18(24)25/h9-10,13,26H,2-8,11-12H2,1H3,(H,24,25). The molecule has 0 bridgehead atoms. The molecule has 0 saturated carbocycles. The lowest BCUT2D eigenvalue weighted by atomic mass is 10.00. The third kappa shape index (κ3) is 4.70. The molecule has 2 N–H and O–H groups in total. The fourth-order valence-corrected chi connectivity index (χ4v) is 4.95. The van der Waals surface area contributed by atoms with Crippen LogP contribution in [0.15, 0.2) is 23.2 Å². The SMILES string of the molecule is CCCCC(c1sc(=S)n(CCCC(=O)O)c1O)=c1ccc2c(c1)CCCN=2.